The third-order valence-corrected chi connectivity index (χ3v) is 9.77. The molecular weight excluding hydrogens is 614 g/mol. The number of aromatic nitrogens is 2. The summed E-state index contributed by atoms with van der Waals surface area (Å²) in [6.45, 7) is 6.70. The summed E-state index contributed by atoms with van der Waals surface area (Å²) in [6, 6.07) is 17.9. The number of nitrogens with zero attached hydrogens (tertiary/aromatic N) is 3. The molecule has 3 aromatic carbocycles. The second-order valence-corrected chi connectivity index (χ2v) is 13.6. The van der Waals surface area contributed by atoms with Crippen molar-refractivity contribution in [1.29, 1.82) is 0 Å². The lowest BCUT2D eigenvalue weighted by atomic mass is 9.94. The number of halogens is 1. The Morgan fingerprint density at radius 2 is 1.96 bits per heavy atom. The lowest BCUT2D eigenvalue weighted by Crippen LogP contribution is -2.29. The highest BCUT2D eigenvalue weighted by Crippen LogP contribution is 2.45. The number of hydrogen-bond donors (Lipinski definition) is 1. The second kappa shape index (κ2) is 13.0. The van der Waals surface area contributed by atoms with Crippen LogP contribution in [0.2, 0.25) is 0 Å². The molecule has 4 aromatic rings. The van der Waals surface area contributed by atoms with E-state index in [0.717, 1.165) is 29.1 Å². The van der Waals surface area contributed by atoms with Crippen LogP contribution in [-0.2, 0) is 21.8 Å². The molecule has 45 heavy (non-hydrogen) atoms. The highest BCUT2D eigenvalue weighted by molar-refractivity contribution is 8.00. The zero-order valence-corrected chi connectivity index (χ0v) is 26.7. The average molecular weight is 646 g/mol. The summed E-state index contributed by atoms with van der Waals surface area (Å²) in [5.74, 6) is -0.158. The van der Waals surface area contributed by atoms with Crippen LogP contribution in [-0.4, -0.2) is 39.7 Å². The van der Waals surface area contributed by atoms with Crippen LogP contribution >= 0.6 is 23.1 Å². The van der Waals surface area contributed by atoms with Gasteiger partial charge < -0.3 is 14.6 Å². The van der Waals surface area contributed by atoms with E-state index in [1.165, 1.54) is 22.7 Å². The summed E-state index contributed by atoms with van der Waals surface area (Å²) in [7, 11) is 0. The van der Waals surface area contributed by atoms with E-state index in [9.17, 15) is 19.1 Å². The Labute approximate surface area is 268 Å². The van der Waals surface area contributed by atoms with Crippen molar-refractivity contribution in [2.75, 3.05) is 11.5 Å². The fourth-order valence-electron chi connectivity index (χ4n) is 5.37. The van der Waals surface area contributed by atoms with E-state index in [1.54, 1.807) is 54.6 Å². The largest absolute Gasteiger partial charge is 0.507 e. The van der Waals surface area contributed by atoms with Crippen LogP contribution < -0.4 is 14.4 Å². The number of Topliss-reactive ketones (excluding diaryl/α,β-unsaturated/α-hetero) is 1. The van der Waals surface area contributed by atoms with Gasteiger partial charge >= 0.3 is 5.91 Å². The third kappa shape index (κ3) is 6.46. The number of aliphatic hydroxyl groups excluding tert-OH is 1. The van der Waals surface area contributed by atoms with Gasteiger partial charge in [0.25, 0.3) is 5.78 Å². The smallest absolute Gasteiger partial charge is 0.301 e. The van der Waals surface area contributed by atoms with Crippen molar-refractivity contribution >= 4 is 45.7 Å². The Morgan fingerprint density at radius 3 is 2.76 bits per heavy atom. The summed E-state index contributed by atoms with van der Waals surface area (Å²) in [5, 5.41) is 20.3. The molecule has 1 N–H and O–H groups in total. The molecular formula is C34H32FN3O5S2. The summed E-state index contributed by atoms with van der Waals surface area (Å²) in [6.07, 6.45) is 1.54. The molecule has 2 atom stereocenters. The highest BCUT2D eigenvalue weighted by atomic mass is 32.2. The standard InChI is InChI=1S/C34H32FN3O5S2/c1-19(2)13-14-42-25-9-6-8-21(17-25)29-28(30(39)22-11-12-27-24(16-22)15-20(3)43-27)31(40)32(41)38(29)33-36-37-34(45-33)44-18-23-7-4-5-10-26(23)35/h4-12,16-17,19-20,29,39H,13-15,18H2,1-3H3/b30-28-. The number of benzene rings is 3. The molecule has 1 aromatic heterocycles. The molecule has 1 amide bonds. The monoisotopic (exact) mass is 645 g/mol. The predicted octanol–water partition coefficient (Wildman–Crippen LogP) is 7.34. The van der Waals surface area contributed by atoms with Gasteiger partial charge in [0.2, 0.25) is 5.13 Å². The molecule has 11 heteroatoms. The normalized spacial score (nSPS) is 18.8. The zero-order valence-electron chi connectivity index (χ0n) is 25.0. The topological polar surface area (TPSA) is 102 Å². The number of fused-ring (bicyclic) bond motifs is 1. The van der Waals surface area contributed by atoms with E-state index >= 15 is 0 Å². The molecule has 0 radical (unpaired) electrons. The minimum atomic E-state index is -0.987. The first-order valence-corrected chi connectivity index (χ1v) is 16.5. The molecule has 0 spiro atoms. The minimum absolute atomic E-state index is 0.00395. The quantitative estimate of drug-likeness (QED) is 0.0629. The average Bonchev–Trinajstić information content (AvgIpc) is 3.71. The summed E-state index contributed by atoms with van der Waals surface area (Å²) >= 11 is 2.41. The van der Waals surface area contributed by atoms with Gasteiger partial charge in [0.05, 0.1) is 18.2 Å². The highest BCUT2D eigenvalue weighted by Gasteiger charge is 2.48. The Bertz CT molecular complexity index is 1790. The van der Waals surface area contributed by atoms with Crippen LogP contribution in [0.15, 0.2) is 76.6 Å². The number of ketones is 1. The van der Waals surface area contributed by atoms with Crippen LogP contribution in [0.3, 0.4) is 0 Å². The van der Waals surface area contributed by atoms with Gasteiger partial charge in [-0.25, -0.2) is 4.39 Å². The van der Waals surface area contributed by atoms with E-state index in [0.29, 0.717) is 51.5 Å². The third-order valence-electron chi connectivity index (χ3n) is 7.66. The molecule has 0 aliphatic carbocycles. The van der Waals surface area contributed by atoms with Gasteiger partial charge in [-0.1, -0.05) is 67.3 Å². The SMILES string of the molecule is CC(C)CCOc1cccc(C2/C(=C(/O)c3ccc4c(c3)CC(C)O4)C(=O)C(=O)N2c2nnc(SCc3ccccc3F)s2)c1. The van der Waals surface area contributed by atoms with Crippen LogP contribution in [0.4, 0.5) is 9.52 Å². The van der Waals surface area contributed by atoms with Crippen LogP contribution in [0.25, 0.3) is 5.76 Å². The fourth-order valence-corrected chi connectivity index (χ4v) is 7.22. The van der Waals surface area contributed by atoms with Crippen molar-refractivity contribution in [3.63, 3.8) is 0 Å². The van der Waals surface area contributed by atoms with E-state index < -0.39 is 17.7 Å². The lowest BCUT2D eigenvalue weighted by molar-refractivity contribution is -0.132. The molecule has 1 saturated heterocycles. The Morgan fingerprint density at radius 1 is 1.13 bits per heavy atom. The van der Waals surface area contributed by atoms with Gasteiger partial charge in [-0.15, -0.1) is 10.2 Å². The van der Waals surface area contributed by atoms with Crippen molar-refractivity contribution in [2.24, 2.45) is 5.92 Å². The molecule has 6 rings (SSSR count). The van der Waals surface area contributed by atoms with Crippen molar-refractivity contribution in [2.45, 2.75) is 55.9 Å². The Kier molecular flexibility index (Phi) is 8.91. The van der Waals surface area contributed by atoms with Crippen molar-refractivity contribution in [3.8, 4) is 11.5 Å². The van der Waals surface area contributed by atoms with E-state index in [1.807, 2.05) is 13.0 Å². The molecule has 2 unspecified atom stereocenters. The molecule has 2 aliphatic rings. The summed E-state index contributed by atoms with van der Waals surface area (Å²) in [5.41, 5.74) is 2.37. The Hall–Kier alpha value is -4.22. The van der Waals surface area contributed by atoms with E-state index in [2.05, 4.69) is 24.0 Å². The fraction of sp³-hybridized carbons (Fsp3) is 0.294. The number of carbonyl (C=O) groups is 2. The van der Waals surface area contributed by atoms with Gasteiger partial charge in [-0.2, -0.15) is 0 Å². The number of hydrogen-bond acceptors (Lipinski definition) is 9. The maximum atomic E-state index is 14.2. The van der Waals surface area contributed by atoms with Crippen LogP contribution in [0, 0.1) is 11.7 Å². The first-order valence-electron chi connectivity index (χ1n) is 14.7. The number of anilines is 1. The van der Waals surface area contributed by atoms with E-state index in [4.69, 9.17) is 9.47 Å². The number of thioether (sulfide) groups is 1. The summed E-state index contributed by atoms with van der Waals surface area (Å²) < 4.78 is 26.5. The first-order chi connectivity index (χ1) is 21.7. The van der Waals surface area contributed by atoms with Gasteiger partial charge in [0.15, 0.2) is 4.34 Å². The molecule has 3 heterocycles. The van der Waals surface area contributed by atoms with Crippen molar-refractivity contribution in [3.05, 3.63) is 100 Å². The maximum Gasteiger partial charge on any atom is 0.301 e. The lowest BCUT2D eigenvalue weighted by Gasteiger charge is -2.23. The number of aliphatic hydroxyl groups is 1. The number of ether oxygens (including phenoxy) is 2. The second-order valence-electron chi connectivity index (χ2n) is 11.5. The van der Waals surface area contributed by atoms with Gasteiger partial charge in [-0.05, 0) is 72.4 Å². The number of amides is 1. The maximum absolute atomic E-state index is 14.2. The van der Waals surface area contributed by atoms with Crippen LogP contribution in [0.1, 0.15) is 55.5 Å². The molecule has 8 nitrogen and oxygen atoms in total. The number of rotatable bonds is 10. The van der Waals surface area contributed by atoms with E-state index in [-0.39, 0.29) is 28.4 Å². The van der Waals surface area contributed by atoms with Crippen molar-refractivity contribution in [1.82, 2.24) is 10.2 Å². The van der Waals surface area contributed by atoms with Crippen molar-refractivity contribution < 1.29 is 28.6 Å². The Balaban J connectivity index is 1.38. The number of carbonyl (C=O) groups excluding carboxylic acids is 2. The van der Waals surface area contributed by atoms with Gasteiger partial charge in [0.1, 0.15) is 29.2 Å². The first kappa shape index (κ1) is 30.8. The molecule has 2 aliphatic heterocycles. The van der Waals surface area contributed by atoms with Gasteiger partial charge in [-0.3, -0.25) is 14.5 Å². The molecule has 0 saturated carbocycles. The van der Waals surface area contributed by atoms with Crippen LogP contribution in [0.5, 0.6) is 11.5 Å². The zero-order chi connectivity index (χ0) is 31.7. The van der Waals surface area contributed by atoms with Gasteiger partial charge in [0, 0.05) is 17.7 Å². The molecule has 1 fully saturated rings. The molecule has 232 valence electrons. The molecule has 0 bridgehead atoms. The minimum Gasteiger partial charge on any atom is -0.507 e. The predicted molar refractivity (Wildman–Crippen MR) is 172 cm³/mol. The summed E-state index contributed by atoms with van der Waals surface area (Å²) in [4.78, 5) is 28.7.